The van der Waals surface area contributed by atoms with Crippen LogP contribution in [0.4, 0.5) is 5.69 Å². The normalized spacial score (nSPS) is 19.8. The van der Waals surface area contributed by atoms with E-state index >= 15 is 0 Å². The van der Waals surface area contributed by atoms with Crippen LogP contribution < -0.4 is 5.32 Å². The van der Waals surface area contributed by atoms with Crippen LogP contribution in [0.5, 0.6) is 0 Å². The van der Waals surface area contributed by atoms with Gasteiger partial charge in [-0.05, 0) is 25.0 Å². The van der Waals surface area contributed by atoms with Crippen LogP contribution in [0.1, 0.15) is 18.5 Å². The van der Waals surface area contributed by atoms with Gasteiger partial charge < -0.3 is 10.1 Å². The van der Waals surface area contributed by atoms with Crippen LogP contribution in [-0.2, 0) is 4.74 Å². The van der Waals surface area contributed by atoms with E-state index in [2.05, 4.69) is 10.3 Å². The average Bonchev–Trinajstić information content (AvgIpc) is 2.80. The molecule has 0 aromatic carbocycles. The first kappa shape index (κ1) is 9.94. The lowest BCUT2D eigenvalue weighted by molar-refractivity contribution is 0.120. The van der Waals surface area contributed by atoms with Gasteiger partial charge >= 0.3 is 0 Å². The van der Waals surface area contributed by atoms with Crippen LogP contribution in [0.2, 0.25) is 0 Å². The Morgan fingerprint density at radius 3 is 3.13 bits per heavy atom. The molecule has 0 spiro atoms. The topological polar surface area (TPSA) is 57.9 Å². The summed E-state index contributed by atoms with van der Waals surface area (Å²) in [6.45, 7) is 1.69. The Labute approximate surface area is 88.9 Å². The molecule has 0 aliphatic carbocycles. The van der Waals surface area contributed by atoms with Gasteiger partial charge in [-0.3, -0.25) is 0 Å². The van der Waals surface area contributed by atoms with Gasteiger partial charge in [-0.2, -0.15) is 5.26 Å². The number of nitriles is 1. The van der Waals surface area contributed by atoms with E-state index in [0.717, 1.165) is 31.7 Å². The third kappa shape index (κ3) is 2.67. The Balaban J connectivity index is 1.85. The Bertz CT molecular complexity index is 349. The fourth-order valence-corrected chi connectivity index (χ4v) is 1.60. The van der Waals surface area contributed by atoms with Crippen LogP contribution in [-0.4, -0.2) is 24.2 Å². The zero-order chi connectivity index (χ0) is 10.5. The van der Waals surface area contributed by atoms with E-state index in [9.17, 15) is 0 Å². The lowest BCUT2D eigenvalue weighted by Gasteiger charge is -2.11. The van der Waals surface area contributed by atoms with Crippen molar-refractivity contribution in [1.29, 1.82) is 5.26 Å². The third-order valence-corrected chi connectivity index (χ3v) is 2.44. The molecule has 0 saturated carbocycles. The summed E-state index contributed by atoms with van der Waals surface area (Å²) in [5.74, 6) is 0. The van der Waals surface area contributed by atoms with Crippen LogP contribution in [0.3, 0.4) is 0 Å². The molecule has 2 heterocycles. The molecule has 15 heavy (non-hydrogen) atoms. The minimum Gasteiger partial charge on any atom is -0.381 e. The number of pyridine rings is 1. The summed E-state index contributed by atoms with van der Waals surface area (Å²) in [5, 5.41) is 11.8. The lowest BCUT2D eigenvalue weighted by Crippen LogP contribution is -2.18. The highest BCUT2D eigenvalue weighted by atomic mass is 16.5. The van der Waals surface area contributed by atoms with Gasteiger partial charge in [-0.1, -0.05) is 0 Å². The van der Waals surface area contributed by atoms with E-state index in [1.165, 1.54) is 0 Å². The van der Waals surface area contributed by atoms with E-state index in [4.69, 9.17) is 10.00 Å². The highest BCUT2D eigenvalue weighted by molar-refractivity contribution is 5.42. The zero-order valence-corrected chi connectivity index (χ0v) is 8.44. The number of hydrogen-bond acceptors (Lipinski definition) is 4. The van der Waals surface area contributed by atoms with Crippen molar-refractivity contribution in [2.24, 2.45) is 0 Å². The summed E-state index contributed by atoms with van der Waals surface area (Å²) in [6, 6.07) is 5.56. The molecule has 1 atom stereocenters. The van der Waals surface area contributed by atoms with E-state index in [1.54, 1.807) is 12.3 Å². The van der Waals surface area contributed by atoms with Crippen LogP contribution in [0.15, 0.2) is 18.3 Å². The molecular weight excluding hydrogens is 190 g/mol. The van der Waals surface area contributed by atoms with Crippen molar-refractivity contribution in [1.82, 2.24) is 4.98 Å². The highest BCUT2D eigenvalue weighted by Gasteiger charge is 2.14. The van der Waals surface area contributed by atoms with E-state index in [-0.39, 0.29) is 0 Å². The molecule has 4 nitrogen and oxygen atoms in total. The quantitative estimate of drug-likeness (QED) is 0.809. The van der Waals surface area contributed by atoms with E-state index < -0.39 is 0 Å². The molecule has 1 fully saturated rings. The van der Waals surface area contributed by atoms with Gasteiger partial charge in [0.2, 0.25) is 0 Å². The summed E-state index contributed by atoms with van der Waals surface area (Å²) in [5.41, 5.74) is 1.38. The number of nitrogens with one attached hydrogen (secondary N) is 1. The number of aromatic nitrogens is 1. The number of hydrogen-bond donors (Lipinski definition) is 1. The SMILES string of the molecule is N#Cc1ccc(NCC2CCCO2)cn1. The maximum absolute atomic E-state index is 8.58. The number of ether oxygens (including phenoxy) is 1. The minimum atomic E-state index is 0.320. The molecule has 4 heteroatoms. The predicted octanol–water partition coefficient (Wildman–Crippen LogP) is 1.54. The Morgan fingerprint density at radius 2 is 2.53 bits per heavy atom. The van der Waals surface area contributed by atoms with Gasteiger partial charge in [0, 0.05) is 13.2 Å². The summed E-state index contributed by atoms with van der Waals surface area (Å²) in [6.07, 6.45) is 4.27. The Hall–Kier alpha value is -1.60. The molecule has 1 saturated heterocycles. The number of anilines is 1. The van der Waals surface area contributed by atoms with Gasteiger partial charge in [-0.15, -0.1) is 0 Å². The molecule has 2 rings (SSSR count). The molecule has 0 radical (unpaired) electrons. The van der Waals surface area contributed by atoms with Crippen molar-refractivity contribution in [3.05, 3.63) is 24.0 Å². The summed E-state index contributed by atoms with van der Waals surface area (Å²) < 4.78 is 5.48. The van der Waals surface area contributed by atoms with Crippen molar-refractivity contribution >= 4 is 5.69 Å². The first-order valence-electron chi connectivity index (χ1n) is 5.10. The highest BCUT2D eigenvalue weighted by Crippen LogP contribution is 2.13. The zero-order valence-electron chi connectivity index (χ0n) is 8.44. The van der Waals surface area contributed by atoms with E-state index in [0.29, 0.717) is 11.8 Å². The number of nitrogens with zero attached hydrogens (tertiary/aromatic N) is 2. The van der Waals surface area contributed by atoms with Gasteiger partial charge in [0.1, 0.15) is 11.8 Å². The monoisotopic (exact) mass is 203 g/mol. The molecule has 1 N–H and O–H groups in total. The van der Waals surface area contributed by atoms with Gasteiger partial charge in [0.05, 0.1) is 18.0 Å². The third-order valence-electron chi connectivity index (χ3n) is 2.44. The van der Waals surface area contributed by atoms with E-state index in [1.807, 2.05) is 12.1 Å². The molecule has 1 aliphatic rings. The van der Waals surface area contributed by atoms with Crippen molar-refractivity contribution in [2.45, 2.75) is 18.9 Å². The fraction of sp³-hybridized carbons (Fsp3) is 0.455. The Kier molecular flexibility index (Phi) is 3.15. The minimum absolute atomic E-state index is 0.320. The standard InChI is InChI=1S/C11H13N3O/c12-6-9-3-4-10(7-13-9)14-8-11-2-1-5-15-11/h3-4,7,11,14H,1-2,5,8H2. The fourth-order valence-electron chi connectivity index (χ4n) is 1.60. The molecule has 1 aromatic rings. The van der Waals surface area contributed by atoms with Crippen LogP contribution in [0, 0.1) is 11.3 Å². The van der Waals surface area contributed by atoms with Gasteiger partial charge in [0.25, 0.3) is 0 Å². The van der Waals surface area contributed by atoms with Crippen molar-refractivity contribution in [3.63, 3.8) is 0 Å². The maximum atomic E-state index is 8.58. The summed E-state index contributed by atoms with van der Waals surface area (Å²) in [4.78, 5) is 3.98. The molecular formula is C11H13N3O. The van der Waals surface area contributed by atoms with Gasteiger partial charge in [-0.25, -0.2) is 4.98 Å². The smallest absolute Gasteiger partial charge is 0.140 e. The second-order valence-corrected chi connectivity index (χ2v) is 3.56. The van der Waals surface area contributed by atoms with Crippen molar-refractivity contribution < 1.29 is 4.74 Å². The molecule has 78 valence electrons. The van der Waals surface area contributed by atoms with Crippen LogP contribution in [0.25, 0.3) is 0 Å². The molecule has 0 bridgehead atoms. The molecule has 0 amide bonds. The van der Waals surface area contributed by atoms with Gasteiger partial charge in [0.15, 0.2) is 0 Å². The summed E-state index contributed by atoms with van der Waals surface area (Å²) >= 11 is 0. The second kappa shape index (κ2) is 4.76. The lowest BCUT2D eigenvalue weighted by atomic mass is 10.2. The summed E-state index contributed by atoms with van der Waals surface area (Å²) in [7, 11) is 0. The molecule has 1 unspecified atom stereocenters. The van der Waals surface area contributed by atoms with Crippen molar-refractivity contribution in [2.75, 3.05) is 18.5 Å². The largest absolute Gasteiger partial charge is 0.381 e. The first-order valence-corrected chi connectivity index (χ1v) is 5.10. The Morgan fingerprint density at radius 1 is 1.60 bits per heavy atom. The van der Waals surface area contributed by atoms with Crippen molar-refractivity contribution in [3.8, 4) is 6.07 Å². The number of rotatable bonds is 3. The molecule has 1 aliphatic heterocycles. The predicted molar refractivity (Wildman–Crippen MR) is 56.4 cm³/mol. The first-order chi connectivity index (χ1) is 7.38. The second-order valence-electron chi connectivity index (χ2n) is 3.56. The average molecular weight is 203 g/mol. The van der Waals surface area contributed by atoms with Crippen LogP contribution >= 0.6 is 0 Å². The molecule has 1 aromatic heterocycles. The maximum Gasteiger partial charge on any atom is 0.140 e.